The van der Waals surface area contributed by atoms with E-state index in [1.165, 1.54) is 24.3 Å². The minimum atomic E-state index is -3.52. The average Bonchev–Trinajstić information content (AvgIpc) is 2.49. The molecule has 76 valence electrons. The Morgan fingerprint density at radius 3 is 2.73 bits per heavy atom. The highest BCUT2D eigenvalue weighted by molar-refractivity contribution is 7.95. The zero-order chi connectivity index (χ0) is 11.1. The molecule has 4 nitrogen and oxygen atoms in total. The van der Waals surface area contributed by atoms with Crippen LogP contribution in [0.2, 0.25) is 0 Å². The predicted molar refractivity (Wildman–Crippen MR) is 53.4 cm³/mol. The number of fused-ring (bicyclic) bond motifs is 1. The van der Waals surface area contributed by atoms with Gasteiger partial charge < -0.3 is 5.11 Å². The number of nitriles is 1. The number of sulfone groups is 1. The van der Waals surface area contributed by atoms with Crippen LogP contribution < -0.4 is 0 Å². The lowest BCUT2D eigenvalue weighted by atomic mass is 10.1. The summed E-state index contributed by atoms with van der Waals surface area (Å²) >= 11 is 0. The van der Waals surface area contributed by atoms with Crippen molar-refractivity contribution in [3.63, 3.8) is 0 Å². The molecule has 0 unspecified atom stereocenters. The fourth-order valence-corrected chi connectivity index (χ4v) is 2.91. The first kappa shape index (κ1) is 9.90. The van der Waals surface area contributed by atoms with Gasteiger partial charge in [-0.2, -0.15) is 5.26 Å². The van der Waals surface area contributed by atoms with Crippen LogP contribution in [-0.4, -0.2) is 20.1 Å². The number of nitrogens with zero attached hydrogens (tertiary/aromatic N) is 1. The van der Waals surface area contributed by atoms with E-state index in [4.69, 9.17) is 10.4 Å². The third kappa shape index (κ3) is 1.35. The van der Waals surface area contributed by atoms with Gasteiger partial charge in [0, 0.05) is 0 Å². The molecule has 2 rings (SSSR count). The fourth-order valence-electron chi connectivity index (χ4n) is 1.50. The second-order valence-corrected chi connectivity index (χ2v) is 5.11. The van der Waals surface area contributed by atoms with E-state index in [0.29, 0.717) is 11.1 Å². The molecule has 0 radical (unpaired) electrons. The normalized spacial score (nSPS) is 16.7. The minimum absolute atomic E-state index is 0.0208. The topological polar surface area (TPSA) is 78.2 Å². The second kappa shape index (κ2) is 3.19. The first-order valence-electron chi connectivity index (χ1n) is 4.20. The second-order valence-electron chi connectivity index (χ2n) is 3.14. The van der Waals surface area contributed by atoms with Crippen LogP contribution in [0.3, 0.4) is 0 Å². The third-order valence-corrected chi connectivity index (χ3v) is 4.13. The number of rotatable bonds is 1. The molecule has 0 aliphatic carbocycles. The standard InChI is InChI=1S/C10H7NO3S/c11-5-7-1-2-10-8(3-7)4-9(6-12)15(10,13)14/h1-4,12H,6H2. The number of aliphatic hydroxyl groups is 1. The Hall–Kier alpha value is -1.64. The molecule has 1 N–H and O–H groups in total. The SMILES string of the molecule is N#Cc1ccc2c(c1)C=C(CO)S2(=O)=O. The summed E-state index contributed by atoms with van der Waals surface area (Å²) in [5.41, 5.74) is 0.873. The Bertz CT molecular complexity index is 594. The Kier molecular flexibility index (Phi) is 2.11. The summed E-state index contributed by atoms with van der Waals surface area (Å²) in [5.74, 6) is 0. The smallest absolute Gasteiger partial charge is 0.205 e. The summed E-state index contributed by atoms with van der Waals surface area (Å²) < 4.78 is 23.4. The molecule has 0 atom stereocenters. The van der Waals surface area contributed by atoms with Gasteiger partial charge in [-0.1, -0.05) is 0 Å². The van der Waals surface area contributed by atoms with E-state index < -0.39 is 16.4 Å². The van der Waals surface area contributed by atoms with Crippen LogP contribution >= 0.6 is 0 Å². The Labute approximate surface area is 87.0 Å². The summed E-state index contributed by atoms with van der Waals surface area (Å²) in [6.45, 7) is -0.515. The molecule has 0 spiro atoms. The molecule has 1 aromatic carbocycles. The molecule has 1 aromatic rings. The van der Waals surface area contributed by atoms with Crippen LogP contribution in [0.25, 0.3) is 6.08 Å². The number of benzene rings is 1. The van der Waals surface area contributed by atoms with E-state index in [-0.39, 0.29) is 9.80 Å². The van der Waals surface area contributed by atoms with Crippen molar-refractivity contribution in [2.75, 3.05) is 6.61 Å². The molecule has 1 aliphatic rings. The van der Waals surface area contributed by atoms with Crippen molar-refractivity contribution in [3.8, 4) is 6.07 Å². The molecule has 0 aromatic heterocycles. The van der Waals surface area contributed by atoms with Gasteiger partial charge >= 0.3 is 0 Å². The van der Waals surface area contributed by atoms with E-state index in [9.17, 15) is 8.42 Å². The Morgan fingerprint density at radius 2 is 2.13 bits per heavy atom. The molecule has 0 saturated carbocycles. The first-order valence-corrected chi connectivity index (χ1v) is 5.68. The van der Waals surface area contributed by atoms with Gasteiger partial charge in [-0.15, -0.1) is 0 Å². The quantitative estimate of drug-likeness (QED) is 0.756. The molecule has 0 bridgehead atoms. The van der Waals surface area contributed by atoms with Crippen LogP contribution in [0, 0.1) is 11.3 Å². The van der Waals surface area contributed by atoms with E-state index >= 15 is 0 Å². The van der Waals surface area contributed by atoms with Crippen molar-refractivity contribution in [2.45, 2.75) is 4.90 Å². The first-order chi connectivity index (χ1) is 7.09. The van der Waals surface area contributed by atoms with E-state index in [0.717, 1.165) is 0 Å². The molecule has 0 saturated heterocycles. The highest BCUT2D eigenvalue weighted by atomic mass is 32.2. The van der Waals surface area contributed by atoms with Crippen molar-refractivity contribution in [3.05, 3.63) is 34.2 Å². The predicted octanol–water partition coefficient (Wildman–Crippen LogP) is 0.679. The molecule has 0 amide bonds. The fraction of sp³-hybridized carbons (Fsp3) is 0.100. The molecular weight excluding hydrogens is 214 g/mol. The van der Waals surface area contributed by atoms with E-state index in [1.54, 1.807) is 0 Å². The van der Waals surface area contributed by atoms with Crippen molar-refractivity contribution in [1.82, 2.24) is 0 Å². The number of hydrogen-bond acceptors (Lipinski definition) is 4. The van der Waals surface area contributed by atoms with E-state index in [2.05, 4.69) is 0 Å². The van der Waals surface area contributed by atoms with Crippen molar-refractivity contribution in [2.24, 2.45) is 0 Å². The summed E-state index contributed by atoms with van der Waals surface area (Å²) in [6.07, 6.45) is 1.39. The molecule has 1 aliphatic heterocycles. The van der Waals surface area contributed by atoms with Gasteiger partial charge in [0.15, 0.2) is 0 Å². The lowest BCUT2D eigenvalue weighted by molar-refractivity contribution is 0.339. The number of aliphatic hydroxyl groups excluding tert-OH is 1. The van der Waals surface area contributed by atoms with Crippen LogP contribution in [0.1, 0.15) is 11.1 Å². The van der Waals surface area contributed by atoms with Gasteiger partial charge in [-0.05, 0) is 29.8 Å². The van der Waals surface area contributed by atoms with Gasteiger partial charge in [0.1, 0.15) is 0 Å². The molecule has 1 heterocycles. The maximum absolute atomic E-state index is 11.7. The maximum atomic E-state index is 11.7. The molecule has 0 fully saturated rings. The van der Waals surface area contributed by atoms with Gasteiger partial charge in [0.25, 0.3) is 0 Å². The van der Waals surface area contributed by atoms with Crippen LogP contribution in [0.15, 0.2) is 28.0 Å². The molecule has 5 heteroatoms. The maximum Gasteiger partial charge on any atom is 0.205 e. The number of hydrogen-bond donors (Lipinski definition) is 1. The summed E-state index contributed by atoms with van der Waals surface area (Å²) in [4.78, 5) is 0.137. The Balaban J connectivity index is 2.70. The van der Waals surface area contributed by atoms with Crippen molar-refractivity contribution in [1.29, 1.82) is 5.26 Å². The lowest BCUT2D eigenvalue weighted by Crippen LogP contribution is -2.03. The Morgan fingerprint density at radius 1 is 1.40 bits per heavy atom. The van der Waals surface area contributed by atoms with Gasteiger partial charge in [-0.25, -0.2) is 8.42 Å². The molecule has 15 heavy (non-hydrogen) atoms. The summed E-state index contributed by atoms with van der Waals surface area (Å²) in [6, 6.07) is 6.27. The molecular formula is C10H7NO3S. The highest BCUT2D eigenvalue weighted by Gasteiger charge is 2.28. The van der Waals surface area contributed by atoms with Gasteiger partial charge in [-0.3, -0.25) is 0 Å². The van der Waals surface area contributed by atoms with Crippen LogP contribution in [-0.2, 0) is 9.84 Å². The van der Waals surface area contributed by atoms with Crippen LogP contribution in [0.4, 0.5) is 0 Å². The van der Waals surface area contributed by atoms with Gasteiger partial charge in [0.2, 0.25) is 9.84 Å². The summed E-state index contributed by atoms with van der Waals surface area (Å²) in [7, 11) is -3.52. The monoisotopic (exact) mass is 221 g/mol. The minimum Gasteiger partial charge on any atom is -0.391 e. The zero-order valence-electron chi connectivity index (χ0n) is 7.64. The van der Waals surface area contributed by atoms with Crippen molar-refractivity contribution < 1.29 is 13.5 Å². The lowest BCUT2D eigenvalue weighted by Gasteiger charge is -2.00. The van der Waals surface area contributed by atoms with Gasteiger partial charge in [0.05, 0.1) is 28.0 Å². The van der Waals surface area contributed by atoms with Crippen molar-refractivity contribution >= 4 is 15.9 Å². The van der Waals surface area contributed by atoms with Crippen LogP contribution in [0.5, 0.6) is 0 Å². The highest BCUT2D eigenvalue weighted by Crippen LogP contribution is 2.32. The third-order valence-electron chi connectivity index (χ3n) is 2.25. The average molecular weight is 221 g/mol. The largest absolute Gasteiger partial charge is 0.391 e. The summed E-state index contributed by atoms with van der Waals surface area (Å²) in [5, 5.41) is 17.5. The van der Waals surface area contributed by atoms with E-state index in [1.807, 2.05) is 6.07 Å². The zero-order valence-corrected chi connectivity index (χ0v) is 8.45.